The molecule has 1 unspecified atom stereocenters. The fraction of sp³-hybridized carbons (Fsp3) is 0.319. The predicted molar refractivity (Wildman–Crippen MR) is 233 cm³/mol. The van der Waals surface area contributed by atoms with E-state index in [9.17, 15) is 0 Å². The molecule has 0 bridgehead atoms. The monoisotopic (exact) mass is 812 g/mol. The van der Waals surface area contributed by atoms with E-state index in [-0.39, 0.29) is 50.5 Å². The maximum atomic E-state index is 3.06. The van der Waals surface area contributed by atoms with Crippen LogP contribution < -0.4 is 0 Å². The first-order valence-corrected chi connectivity index (χ1v) is 21.3. The fourth-order valence-electron chi connectivity index (χ4n) is 6.53. The normalized spacial score (nSPS) is 11.3. The molecule has 1 atom stereocenters. The number of hydrogen-bond acceptors (Lipinski definition) is 0. The summed E-state index contributed by atoms with van der Waals surface area (Å²) in [6.45, 7) is 25.6. The summed E-state index contributed by atoms with van der Waals surface area (Å²) in [4.78, 5) is 0. The van der Waals surface area contributed by atoms with Gasteiger partial charge in [-0.1, -0.05) is 147 Å². The molecule has 0 saturated carbocycles. The predicted octanol–water partition coefficient (Wildman–Crippen LogP) is 14.9. The van der Waals surface area contributed by atoms with Gasteiger partial charge < -0.3 is 14.9 Å². The molecule has 51 heavy (non-hydrogen) atoms. The zero-order chi connectivity index (χ0) is 34.5. The Morgan fingerprint density at radius 1 is 0.647 bits per heavy atom. The van der Waals surface area contributed by atoms with Crippen molar-refractivity contribution in [3.63, 3.8) is 0 Å². The third-order valence-corrected chi connectivity index (χ3v) is 9.44. The standard InChI is InChI=1S/C24H29.C21H23.2CH3.2ClH.Si.Zr/c1-6-8-17(2)20-15-19-9-7-10-22(23(19)16-20)18-11-13-21(14-12-18)24(3,4)5;1-14-12-19-15(2)6-11-18(20(19)13-14)16-7-9-17(10-8-16)21(3,4)5;;;;;;/h7,9-17H,6,8H2,1-5H3;6-13H,1-5H3;2*1H3;2*1H;;/q4*-1;;;;. The third-order valence-electron chi connectivity index (χ3n) is 9.44. The molecule has 0 N–H and O–H groups in total. The summed E-state index contributed by atoms with van der Waals surface area (Å²) in [7, 11) is 0. The van der Waals surface area contributed by atoms with Crippen molar-refractivity contribution in [3.05, 3.63) is 146 Å². The second-order valence-electron chi connectivity index (χ2n) is 15.2. The Morgan fingerprint density at radius 2 is 1.14 bits per heavy atom. The SMILES string of the molecule is CCCC(C)c1cc2c(-c3ccc(C(C)(C)C)cc3)cccc2[cH-]1.Cc1cc2c(-c3ccc(C(C)(C)C)cc3)ccc(C)c2[cH-]1.Cl.Cl.[CH3-].[CH3-].[Si]=[Zr]. The van der Waals surface area contributed by atoms with Crippen LogP contribution in [-0.2, 0) is 34.2 Å². The van der Waals surface area contributed by atoms with Gasteiger partial charge in [-0.2, -0.15) is 12.1 Å². The first kappa shape index (κ1) is 48.8. The average molecular weight is 815 g/mol. The molecule has 4 heteroatoms. The Balaban J connectivity index is 0.000000875. The number of benzene rings is 4. The molecule has 0 aliphatic carbocycles. The Kier molecular flexibility index (Phi) is 20.0. The van der Waals surface area contributed by atoms with Crippen LogP contribution in [0.15, 0.2) is 103 Å². The fourth-order valence-corrected chi connectivity index (χ4v) is 6.53. The van der Waals surface area contributed by atoms with Gasteiger partial charge in [0.2, 0.25) is 0 Å². The minimum atomic E-state index is 0. The minimum absolute atomic E-state index is 0. The van der Waals surface area contributed by atoms with Gasteiger partial charge in [0.15, 0.2) is 0 Å². The molecule has 0 aliphatic heterocycles. The van der Waals surface area contributed by atoms with Gasteiger partial charge in [0, 0.05) is 0 Å². The van der Waals surface area contributed by atoms with Crippen molar-refractivity contribution < 1.29 is 23.3 Å². The van der Waals surface area contributed by atoms with Crippen LogP contribution in [0, 0.1) is 28.7 Å². The van der Waals surface area contributed by atoms with Crippen molar-refractivity contribution in [3.8, 4) is 22.3 Å². The molecule has 274 valence electrons. The van der Waals surface area contributed by atoms with E-state index in [1.165, 1.54) is 108 Å². The van der Waals surface area contributed by atoms with Gasteiger partial charge in [-0.25, -0.2) is 0 Å². The zero-order valence-corrected chi connectivity index (χ0v) is 38.2. The molecule has 0 aliphatic rings. The van der Waals surface area contributed by atoms with Gasteiger partial charge in [0.25, 0.3) is 0 Å². The molecular weight excluding hydrogens is 755 g/mol. The topological polar surface area (TPSA) is 0 Å². The molecule has 0 spiro atoms. The van der Waals surface area contributed by atoms with Gasteiger partial charge in [-0.15, -0.1) is 93.4 Å². The summed E-state index contributed by atoms with van der Waals surface area (Å²) in [6, 6.07) is 38.7. The number of halogens is 2. The van der Waals surface area contributed by atoms with E-state index >= 15 is 0 Å². The van der Waals surface area contributed by atoms with Crippen LogP contribution in [0.25, 0.3) is 43.8 Å². The van der Waals surface area contributed by atoms with E-state index in [0.29, 0.717) is 5.92 Å². The average Bonchev–Trinajstić information content (AvgIpc) is 3.66. The van der Waals surface area contributed by atoms with Crippen LogP contribution in [0.2, 0.25) is 0 Å². The van der Waals surface area contributed by atoms with E-state index in [1.54, 1.807) is 0 Å². The third kappa shape index (κ3) is 11.9. The van der Waals surface area contributed by atoms with Crippen LogP contribution in [-0.4, -0.2) is 6.88 Å². The van der Waals surface area contributed by atoms with Gasteiger partial charge in [0.1, 0.15) is 0 Å². The molecule has 0 fully saturated rings. The second-order valence-corrected chi connectivity index (χ2v) is 15.2. The van der Waals surface area contributed by atoms with Gasteiger partial charge in [0.05, 0.1) is 0 Å². The van der Waals surface area contributed by atoms with Gasteiger partial charge in [-0.3, -0.25) is 0 Å². The molecule has 0 amide bonds. The molecule has 6 aromatic carbocycles. The Bertz CT molecular complexity index is 1910. The first-order chi connectivity index (χ1) is 22.3. The van der Waals surface area contributed by atoms with Gasteiger partial charge in [-0.05, 0) is 45.4 Å². The van der Waals surface area contributed by atoms with E-state index in [2.05, 4.69) is 179 Å². The van der Waals surface area contributed by atoms with Crippen LogP contribution in [0.5, 0.6) is 0 Å². The van der Waals surface area contributed by atoms with Gasteiger partial charge >= 0.3 is 30.2 Å². The first-order valence-electron chi connectivity index (χ1n) is 17.1. The van der Waals surface area contributed by atoms with E-state index in [4.69, 9.17) is 0 Å². The molecule has 0 saturated heterocycles. The van der Waals surface area contributed by atoms with Crippen LogP contribution in [0.1, 0.15) is 102 Å². The van der Waals surface area contributed by atoms with E-state index in [1.807, 2.05) is 0 Å². The quantitative estimate of drug-likeness (QED) is 0.120. The number of rotatable bonds is 5. The summed E-state index contributed by atoms with van der Waals surface area (Å²) in [5.74, 6) is 0.638. The van der Waals surface area contributed by atoms with Crippen LogP contribution >= 0.6 is 24.8 Å². The molecule has 6 rings (SSSR count). The Hall–Kier alpha value is -2.22. The maximum absolute atomic E-state index is 3.06. The summed E-state index contributed by atoms with van der Waals surface area (Å²) in [6.07, 6.45) is 2.50. The molecular formula is C47H60Cl2SiZr-4. The Morgan fingerprint density at radius 3 is 1.61 bits per heavy atom. The summed E-state index contributed by atoms with van der Waals surface area (Å²) >= 11 is 1.36. The van der Waals surface area contributed by atoms with E-state index in [0.717, 1.165) is 0 Å². The van der Waals surface area contributed by atoms with Crippen LogP contribution in [0.3, 0.4) is 0 Å². The van der Waals surface area contributed by atoms with Crippen molar-refractivity contribution in [2.75, 3.05) is 0 Å². The van der Waals surface area contributed by atoms with Crippen molar-refractivity contribution in [2.45, 2.75) is 98.8 Å². The second kappa shape index (κ2) is 20.9. The Labute approximate surface area is 341 Å². The molecule has 6 aromatic rings. The van der Waals surface area contributed by atoms with Crippen molar-refractivity contribution in [1.82, 2.24) is 0 Å². The van der Waals surface area contributed by atoms with Crippen molar-refractivity contribution >= 4 is 53.2 Å². The summed E-state index contributed by atoms with van der Waals surface area (Å²) in [5, 5.41) is 5.50. The number of fused-ring (bicyclic) bond motifs is 2. The molecule has 0 heterocycles. The van der Waals surface area contributed by atoms with Crippen molar-refractivity contribution in [1.29, 1.82) is 0 Å². The summed E-state index contributed by atoms with van der Waals surface area (Å²) in [5.41, 5.74) is 12.7. The molecule has 2 radical (unpaired) electrons. The summed E-state index contributed by atoms with van der Waals surface area (Å²) < 4.78 is 0. The van der Waals surface area contributed by atoms with E-state index < -0.39 is 0 Å². The molecule has 0 aromatic heterocycles. The zero-order valence-electron chi connectivity index (χ0n) is 33.1. The number of aryl methyl sites for hydroxylation is 2. The van der Waals surface area contributed by atoms with Crippen LogP contribution in [0.4, 0.5) is 0 Å². The van der Waals surface area contributed by atoms with Crippen molar-refractivity contribution in [2.24, 2.45) is 0 Å². The number of hydrogen-bond donors (Lipinski definition) is 0. The molecule has 0 nitrogen and oxygen atoms in total.